The highest BCUT2D eigenvalue weighted by molar-refractivity contribution is 7.89. The molecule has 1 aliphatic carbocycles. The van der Waals surface area contributed by atoms with Gasteiger partial charge in [0.1, 0.15) is 11.6 Å². The third-order valence-corrected chi connectivity index (χ3v) is 8.07. The molecule has 0 fully saturated rings. The second kappa shape index (κ2) is 9.52. The van der Waals surface area contributed by atoms with Crippen LogP contribution in [0.1, 0.15) is 43.4 Å². The van der Waals surface area contributed by atoms with Crippen LogP contribution in [0.5, 0.6) is 5.75 Å². The summed E-state index contributed by atoms with van der Waals surface area (Å²) in [7, 11) is -3.97. The number of halogens is 1. The van der Waals surface area contributed by atoms with Crippen LogP contribution in [0.4, 0.5) is 0 Å². The quantitative estimate of drug-likeness (QED) is 0.288. The highest BCUT2D eigenvalue weighted by atomic mass is 35.5. The summed E-state index contributed by atoms with van der Waals surface area (Å²) < 4.78 is 39.3. The smallest absolute Gasteiger partial charge is 0.339 e. The van der Waals surface area contributed by atoms with Gasteiger partial charge in [-0.15, -0.1) is 0 Å². The number of aryl methyl sites for hydroxylation is 2. The fraction of sp³-hybridized carbons (Fsp3) is 0.360. The standard InChI is InChI=1S/C25H26ClNO6S/c1-4-15(3)23(27-34(30,31)16-10-8-14(2)9-11-16)25(29)33-22-13-21-19(12-20(22)26)17-6-5-7-18(17)24(28)32-21/h8-13,15,23,27H,4-7H2,1-3H3/t15-,23-/m0/s1. The summed E-state index contributed by atoms with van der Waals surface area (Å²) in [6, 6.07) is 8.23. The van der Waals surface area contributed by atoms with Gasteiger partial charge in [-0.2, -0.15) is 4.72 Å². The molecule has 9 heteroatoms. The number of ether oxygens (including phenoxy) is 1. The Hall–Kier alpha value is -2.68. The first-order chi connectivity index (χ1) is 16.1. The molecule has 0 aliphatic heterocycles. The van der Waals surface area contributed by atoms with Crippen molar-refractivity contribution in [1.82, 2.24) is 4.72 Å². The number of benzene rings is 2. The van der Waals surface area contributed by atoms with E-state index < -0.39 is 27.7 Å². The number of hydrogen-bond donors (Lipinski definition) is 1. The van der Waals surface area contributed by atoms with Gasteiger partial charge in [-0.3, -0.25) is 0 Å². The Kier molecular flexibility index (Phi) is 6.85. The predicted octanol–water partition coefficient (Wildman–Crippen LogP) is 4.54. The zero-order chi connectivity index (χ0) is 24.6. The van der Waals surface area contributed by atoms with Crippen LogP contribution in [0, 0.1) is 12.8 Å². The lowest BCUT2D eigenvalue weighted by atomic mass is 10.0. The van der Waals surface area contributed by atoms with Crippen molar-refractivity contribution in [1.29, 1.82) is 0 Å². The number of carbonyl (C=O) groups excluding carboxylic acids is 1. The Bertz CT molecular complexity index is 1410. The van der Waals surface area contributed by atoms with Crippen LogP contribution < -0.4 is 15.1 Å². The third kappa shape index (κ3) is 4.76. The van der Waals surface area contributed by atoms with Crippen molar-refractivity contribution >= 4 is 38.6 Å². The van der Waals surface area contributed by atoms with Gasteiger partial charge in [0.2, 0.25) is 10.0 Å². The molecule has 1 aliphatic rings. The van der Waals surface area contributed by atoms with Gasteiger partial charge >= 0.3 is 11.6 Å². The first-order valence-electron chi connectivity index (χ1n) is 11.2. The zero-order valence-corrected chi connectivity index (χ0v) is 20.8. The van der Waals surface area contributed by atoms with Gasteiger partial charge in [-0.25, -0.2) is 18.0 Å². The van der Waals surface area contributed by atoms with Crippen LogP contribution in [-0.2, 0) is 27.7 Å². The Morgan fingerprint density at radius 3 is 2.53 bits per heavy atom. The van der Waals surface area contributed by atoms with E-state index in [0.717, 1.165) is 29.4 Å². The number of carbonyl (C=O) groups is 1. The van der Waals surface area contributed by atoms with Crippen LogP contribution in [0.3, 0.4) is 0 Å². The molecule has 0 radical (unpaired) electrons. The van der Waals surface area contributed by atoms with Gasteiger partial charge in [0.15, 0.2) is 5.75 Å². The maximum atomic E-state index is 13.1. The summed E-state index contributed by atoms with van der Waals surface area (Å²) in [4.78, 5) is 25.5. The van der Waals surface area contributed by atoms with Crippen molar-refractivity contribution in [3.05, 3.63) is 68.5 Å². The van der Waals surface area contributed by atoms with Crippen LogP contribution in [-0.4, -0.2) is 20.4 Å². The molecule has 180 valence electrons. The molecule has 2 atom stereocenters. The monoisotopic (exact) mass is 503 g/mol. The highest BCUT2D eigenvalue weighted by Crippen LogP contribution is 2.35. The van der Waals surface area contributed by atoms with E-state index >= 15 is 0 Å². The van der Waals surface area contributed by atoms with Gasteiger partial charge in [-0.05, 0) is 55.9 Å². The fourth-order valence-corrected chi connectivity index (χ4v) is 5.61. The van der Waals surface area contributed by atoms with Gasteiger partial charge in [0.25, 0.3) is 0 Å². The molecule has 1 N–H and O–H groups in total. The molecule has 1 heterocycles. The van der Waals surface area contributed by atoms with Crippen molar-refractivity contribution in [2.24, 2.45) is 5.92 Å². The average molecular weight is 504 g/mol. The minimum Gasteiger partial charge on any atom is -0.424 e. The molecule has 0 spiro atoms. The lowest BCUT2D eigenvalue weighted by Crippen LogP contribution is -2.46. The van der Waals surface area contributed by atoms with E-state index in [4.69, 9.17) is 20.8 Å². The maximum absolute atomic E-state index is 13.1. The molecular formula is C25H26ClNO6S. The number of nitrogens with one attached hydrogen (secondary N) is 1. The van der Waals surface area contributed by atoms with Crippen molar-refractivity contribution < 1.29 is 22.4 Å². The first-order valence-corrected chi connectivity index (χ1v) is 13.1. The molecule has 0 saturated carbocycles. The fourth-order valence-electron chi connectivity index (χ4n) is 4.12. The molecule has 7 nitrogen and oxygen atoms in total. The molecule has 0 unspecified atom stereocenters. The number of esters is 1. The maximum Gasteiger partial charge on any atom is 0.339 e. The highest BCUT2D eigenvalue weighted by Gasteiger charge is 2.32. The second-order valence-corrected chi connectivity index (χ2v) is 10.8. The van der Waals surface area contributed by atoms with E-state index in [1.54, 1.807) is 25.1 Å². The van der Waals surface area contributed by atoms with E-state index in [-0.39, 0.29) is 27.2 Å². The topological polar surface area (TPSA) is 103 Å². The van der Waals surface area contributed by atoms with E-state index in [1.807, 2.05) is 13.8 Å². The first kappa shape index (κ1) is 24.4. The number of rotatable bonds is 7. The Morgan fingerprint density at radius 1 is 1.18 bits per heavy atom. The molecule has 1 aromatic heterocycles. The molecular weight excluding hydrogens is 478 g/mol. The van der Waals surface area contributed by atoms with Crippen molar-refractivity contribution in [2.75, 3.05) is 0 Å². The largest absolute Gasteiger partial charge is 0.424 e. The van der Waals surface area contributed by atoms with E-state index in [9.17, 15) is 18.0 Å². The lowest BCUT2D eigenvalue weighted by molar-refractivity contribution is -0.137. The van der Waals surface area contributed by atoms with Crippen LogP contribution in [0.2, 0.25) is 5.02 Å². The minimum atomic E-state index is -3.97. The summed E-state index contributed by atoms with van der Waals surface area (Å²) in [6.45, 7) is 5.46. The number of hydrogen-bond acceptors (Lipinski definition) is 6. The molecule has 34 heavy (non-hydrogen) atoms. The second-order valence-electron chi connectivity index (χ2n) is 8.70. The Balaban J connectivity index is 1.64. The SMILES string of the molecule is CC[C@H](C)[C@H](NS(=O)(=O)c1ccc(C)cc1)C(=O)Oc1cc2oc(=O)c3c(c2cc1Cl)CCC3. The van der Waals surface area contributed by atoms with Gasteiger partial charge in [-0.1, -0.05) is 49.6 Å². The summed E-state index contributed by atoms with van der Waals surface area (Å²) in [5.74, 6) is -1.15. The summed E-state index contributed by atoms with van der Waals surface area (Å²) in [5.41, 5.74) is 2.37. The zero-order valence-electron chi connectivity index (χ0n) is 19.2. The van der Waals surface area contributed by atoms with Crippen molar-refractivity contribution in [3.63, 3.8) is 0 Å². The molecule has 0 saturated heterocycles. The van der Waals surface area contributed by atoms with E-state index in [0.29, 0.717) is 18.4 Å². The van der Waals surface area contributed by atoms with Gasteiger partial charge in [0.05, 0.1) is 9.92 Å². The summed E-state index contributed by atoms with van der Waals surface area (Å²) in [6.07, 6.45) is 2.82. The lowest BCUT2D eigenvalue weighted by Gasteiger charge is -2.23. The Morgan fingerprint density at radius 2 is 1.85 bits per heavy atom. The van der Waals surface area contributed by atoms with Gasteiger partial charge < -0.3 is 9.15 Å². The van der Waals surface area contributed by atoms with E-state index in [1.165, 1.54) is 18.2 Å². The molecule has 3 aromatic rings. The van der Waals surface area contributed by atoms with Crippen LogP contribution in [0.15, 0.2) is 50.5 Å². The van der Waals surface area contributed by atoms with Crippen molar-refractivity contribution in [2.45, 2.75) is 57.4 Å². The predicted molar refractivity (Wildman–Crippen MR) is 130 cm³/mol. The summed E-state index contributed by atoms with van der Waals surface area (Å²) >= 11 is 6.42. The normalized spacial score (nSPS) is 15.2. The van der Waals surface area contributed by atoms with Gasteiger partial charge in [0, 0.05) is 17.0 Å². The van der Waals surface area contributed by atoms with Crippen LogP contribution >= 0.6 is 11.6 Å². The number of fused-ring (bicyclic) bond motifs is 3. The third-order valence-electron chi connectivity index (χ3n) is 6.32. The number of sulfonamides is 1. The summed E-state index contributed by atoms with van der Waals surface area (Å²) in [5, 5.41) is 0.892. The Labute approximate surface area is 203 Å². The average Bonchev–Trinajstić information content (AvgIpc) is 3.29. The molecule has 0 bridgehead atoms. The molecule has 2 aromatic carbocycles. The minimum absolute atomic E-state index is 0.00287. The molecule has 0 amide bonds. The van der Waals surface area contributed by atoms with E-state index in [2.05, 4.69) is 4.72 Å². The molecule has 4 rings (SSSR count). The van der Waals surface area contributed by atoms with Crippen LogP contribution in [0.25, 0.3) is 11.0 Å². The van der Waals surface area contributed by atoms with Crippen molar-refractivity contribution in [3.8, 4) is 5.75 Å².